The molecule has 0 amide bonds. The van der Waals surface area contributed by atoms with E-state index in [-0.39, 0.29) is 0 Å². The van der Waals surface area contributed by atoms with E-state index in [9.17, 15) is 0 Å². The first-order valence-corrected chi connectivity index (χ1v) is 6.14. The molecule has 0 aromatic carbocycles. The third-order valence-corrected chi connectivity index (χ3v) is 3.47. The molecule has 0 bridgehead atoms. The highest BCUT2D eigenvalue weighted by Gasteiger charge is 2.09. The minimum Gasteiger partial charge on any atom is -0.312 e. The van der Waals surface area contributed by atoms with E-state index in [1.54, 1.807) is 11.3 Å². The predicted octanol–water partition coefficient (Wildman–Crippen LogP) is 2.79. The molecule has 2 aromatic rings. The van der Waals surface area contributed by atoms with E-state index in [0.29, 0.717) is 6.04 Å². The minimum absolute atomic E-state index is 0.295. The van der Waals surface area contributed by atoms with Crippen molar-refractivity contribution in [3.8, 4) is 10.6 Å². The molecule has 1 N–H and O–H groups in total. The standard InChI is InChI=1S/C12H15N3S/c1-8-4-5-10(6-14-8)12-15-11(7-16-12)9(2)13-3/h4-7,9,13H,1-3H3. The molecule has 2 aromatic heterocycles. The lowest BCUT2D eigenvalue weighted by molar-refractivity contribution is 0.637. The Labute approximate surface area is 99.6 Å². The van der Waals surface area contributed by atoms with Gasteiger partial charge in [-0.3, -0.25) is 4.98 Å². The molecule has 0 aliphatic heterocycles. The number of pyridine rings is 1. The summed E-state index contributed by atoms with van der Waals surface area (Å²) in [5.74, 6) is 0. The van der Waals surface area contributed by atoms with Gasteiger partial charge in [0.05, 0.1) is 5.69 Å². The highest BCUT2D eigenvalue weighted by Crippen LogP contribution is 2.25. The van der Waals surface area contributed by atoms with Gasteiger partial charge in [-0.1, -0.05) is 0 Å². The van der Waals surface area contributed by atoms with Crippen molar-refractivity contribution in [1.29, 1.82) is 0 Å². The van der Waals surface area contributed by atoms with Gasteiger partial charge in [0.15, 0.2) is 0 Å². The quantitative estimate of drug-likeness (QED) is 0.885. The van der Waals surface area contributed by atoms with Crippen LogP contribution < -0.4 is 5.32 Å². The van der Waals surface area contributed by atoms with Crippen LogP contribution in [0.15, 0.2) is 23.7 Å². The highest BCUT2D eigenvalue weighted by molar-refractivity contribution is 7.13. The Kier molecular flexibility index (Phi) is 3.31. The van der Waals surface area contributed by atoms with Crippen LogP contribution >= 0.6 is 11.3 Å². The first-order valence-electron chi connectivity index (χ1n) is 5.26. The summed E-state index contributed by atoms with van der Waals surface area (Å²) in [6.45, 7) is 4.09. The Morgan fingerprint density at radius 1 is 1.38 bits per heavy atom. The van der Waals surface area contributed by atoms with Crippen LogP contribution in [0.3, 0.4) is 0 Å². The van der Waals surface area contributed by atoms with Gasteiger partial charge in [0.2, 0.25) is 0 Å². The van der Waals surface area contributed by atoms with E-state index in [1.807, 2.05) is 26.2 Å². The zero-order chi connectivity index (χ0) is 11.5. The third kappa shape index (κ3) is 2.28. The molecule has 16 heavy (non-hydrogen) atoms. The molecule has 1 unspecified atom stereocenters. The molecule has 0 saturated heterocycles. The van der Waals surface area contributed by atoms with Crippen molar-refractivity contribution in [3.63, 3.8) is 0 Å². The van der Waals surface area contributed by atoms with Crippen LogP contribution in [0.2, 0.25) is 0 Å². The predicted molar refractivity (Wildman–Crippen MR) is 67.6 cm³/mol. The van der Waals surface area contributed by atoms with E-state index < -0.39 is 0 Å². The molecule has 4 heteroatoms. The Hall–Kier alpha value is -1.26. The fourth-order valence-corrected chi connectivity index (χ4v) is 2.26. The number of aromatic nitrogens is 2. The van der Waals surface area contributed by atoms with Gasteiger partial charge in [0, 0.05) is 28.9 Å². The van der Waals surface area contributed by atoms with Gasteiger partial charge in [-0.2, -0.15) is 0 Å². The maximum atomic E-state index is 4.60. The lowest BCUT2D eigenvalue weighted by Crippen LogP contribution is -2.12. The molecule has 0 fully saturated rings. The average molecular weight is 233 g/mol. The lowest BCUT2D eigenvalue weighted by atomic mass is 10.2. The van der Waals surface area contributed by atoms with E-state index in [2.05, 4.69) is 33.7 Å². The molecule has 0 saturated carbocycles. The summed E-state index contributed by atoms with van der Waals surface area (Å²) in [5.41, 5.74) is 3.21. The van der Waals surface area contributed by atoms with Crippen LogP contribution in [0.1, 0.15) is 24.4 Å². The number of aryl methyl sites for hydroxylation is 1. The summed E-state index contributed by atoms with van der Waals surface area (Å²) in [6.07, 6.45) is 1.88. The summed E-state index contributed by atoms with van der Waals surface area (Å²) in [5, 5.41) is 6.31. The molecule has 0 aliphatic carbocycles. The second-order valence-corrected chi connectivity index (χ2v) is 4.63. The van der Waals surface area contributed by atoms with Crippen molar-refractivity contribution >= 4 is 11.3 Å². The Bertz CT molecular complexity index is 461. The van der Waals surface area contributed by atoms with Crippen LogP contribution in [0.25, 0.3) is 10.6 Å². The SMILES string of the molecule is CNC(C)c1csc(-c2ccc(C)nc2)n1. The third-order valence-electron chi connectivity index (χ3n) is 2.56. The molecule has 84 valence electrons. The summed E-state index contributed by atoms with van der Waals surface area (Å²) >= 11 is 1.66. The molecule has 0 spiro atoms. The smallest absolute Gasteiger partial charge is 0.125 e. The van der Waals surface area contributed by atoms with Crippen LogP contribution in [0, 0.1) is 6.92 Å². The molecular formula is C12H15N3S. The Balaban J connectivity index is 2.28. The van der Waals surface area contributed by atoms with Gasteiger partial charge >= 0.3 is 0 Å². The van der Waals surface area contributed by atoms with Crippen molar-refractivity contribution in [3.05, 3.63) is 35.1 Å². The van der Waals surface area contributed by atoms with E-state index in [0.717, 1.165) is 22.0 Å². The van der Waals surface area contributed by atoms with Crippen LogP contribution in [-0.4, -0.2) is 17.0 Å². The number of rotatable bonds is 3. The topological polar surface area (TPSA) is 37.8 Å². The monoisotopic (exact) mass is 233 g/mol. The van der Waals surface area contributed by atoms with Gasteiger partial charge in [0.25, 0.3) is 0 Å². The molecule has 2 rings (SSSR count). The summed E-state index contributed by atoms with van der Waals surface area (Å²) < 4.78 is 0. The number of hydrogen-bond donors (Lipinski definition) is 1. The largest absolute Gasteiger partial charge is 0.312 e. The van der Waals surface area contributed by atoms with Gasteiger partial charge in [0.1, 0.15) is 5.01 Å². The first kappa shape index (κ1) is 11.2. The number of nitrogens with one attached hydrogen (secondary N) is 1. The maximum absolute atomic E-state index is 4.60. The molecule has 1 atom stereocenters. The lowest BCUT2D eigenvalue weighted by Gasteiger charge is -2.04. The van der Waals surface area contributed by atoms with Gasteiger partial charge in [-0.15, -0.1) is 11.3 Å². The van der Waals surface area contributed by atoms with Crippen molar-refractivity contribution in [2.75, 3.05) is 7.05 Å². The zero-order valence-corrected chi connectivity index (χ0v) is 10.5. The minimum atomic E-state index is 0.295. The highest BCUT2D eigenvalue weighted by atomic mass is 32.1. The molecule has 3 nitrogen and oxygen atoms in total. The second kappa shape index (κ2) is 4.72. The fraction of sp³-hybridized carbons (Fsp3) is 0.333. The van der Waals surface area contributed by atoms with Crippen molar-refractivity contribution in [2.45, 2.75) is 19.9 Å². The molecule has 2 heterocycles. The molecular weight excluding hydrogens is 218 g/mol. The Morgan fingerprint density at radius 3 is 2.81 bits per heavy atom. The molecule has 0 aliphatic rings. The van der Waals surface area contributed by atoms with Crippen molar-refractivity contribution < 1.29 is 0 Å². The summed E-state index contributed by atoms with van der Waals surface area (Å²) in [6, 6.07) is 4.37. The normalized spacial score (nSPS) is 12.7. The van der Waals surface area contributed by atoms with Crippen LogP contribution in [0.4, 0.5) is 0 Å². The Morgan fingerprint density at radius 2 is 2.19 bits per heavy atom. The van der Waals surface area contributed by atoms with E-state index >= 15 is 0 Å². The zero-order valence-electron chi connectivity index (χ0n) is 9.69. The first-order chi connectivity index (χ1) is 7.70. The summed E-state index contributed by atoms with van der Waals surface area (Å²) in [7, 11) is 1.94. The van der Waals surface area contributed by atoms with Crippen molar-refractivity contribution in [2.24, 2.45) is 0 Å². The average Bonchev–Trinajstić information content (AvgIpc) is 2.78. The number of nitrogens with zero attached hydrogens (tertiary/aromatic N) is 2. The van der Waals surface area contributed by atoms with Gasteiger partial charge < -0.3 is 5.32 Å². The van der Waals surface area contributed by atoms with Gasteiger partial charge in [-0.05, 0) is 33.0 Å². The van der Waals surface area contributed by atoms with E-state index in [1.165, 1.54) is 0 Å². The second-order valence-electron chi connectivity index (χ2n) is 3.78. The molecule has 0 radical (unpaired) electrons. The number of hydrogen-bond acceptors (Lipinski definition) is 4. The number of thiazole rings is 1. The van der Waals surface area contributed by atoms with Crippen LogP contribution in [-0.2, 0) is 0 Å². The van der Waals surface area contributed by atoms with Crippen molar-refractivity contribution in [1.82, 2.24) is 15.3 Å². The fourth-order valence-electron chi connectivity index (χ4n) is 1.36. The van der Waals surface area contributed by atoms with E-state index in [4.69, 9.17) is 0 Å². The summed E-state index contributed by atoms with van der Waals surface area (Å²) in [4.78, 5) is 8.88. The van der Waals surface area contributed by atoms with Gasteiger partial charge in [-0.25, -0.2) is 4.98 Å². The van der Waals surface area contributed by atoms with Crippen LogP contribution in [0.5, 0.6) is 0 Å². The maximum Gasteiger partial charge on any atom is 0.125 e.